The highest BCUT2D eigenvalue weighted by atomic mass is 32.1. The van der Waals surface area contributed by atoms with Gasteiger partial charge in [-0.2, -0.15) is 0 Å². The second kappa shape index (κ2) is 3.15. The van der Waals surface area contributed by atoms with E-state index in [1.165, 1.54) is 16.4 Å². The van der Waals surface area contributed by atoms with Crippen LogP contribution in [0.25, 0.3) is 20.7 Å². The maximum Gasteiger partial charge on any atom is 0.115 e. The second-order valence-electron chi connectivity index (χ2n) is 2.76. The quantitative estimate of drug-likeness (QED) is 0.625. The predicted octanol–water partition coefficient (Wildman–Crippen LogP) is 3.02. The summed E-state index contributed by atoms with van der Waals surface area (Å²) in [7, 11) is 0. The van der Waals surface area contributed by atoms with Crippen molar-refractivity contribution in [1.29, 1.82) is 0 Å². The molecule has 0 aliphatic heterocycles. The molecule has 3 aromatic rings. The molecule has 4 heteroatoms. The summed E-state index contributed by atoms with van der Waals surface area (Å²) in [6.07, 6.45) is 0. The highest BCUT2D eigenvalue weighted by molar-refractivity contribution is 7.14. The van der Waals surface area contributed by atoms with Crippen LogP contribution in [0.5, 0.6) is 0 Å². The lowest BCUT2D eigenvalue weighted by atomic mass is 10.1. The number of rotatable bonds is 1. The van der Waals surface area contributed by atoms with Crippen molar-refractivity contribution in [2.45, 2.75) is 0 Å². The Morgan fingerprint density at radius 1 is 1.21 bits per heavy atom. The van der Waals surface area contributed by atoms with Gasteiger partial charge < -0.3 is 0 Å². The molecule has 66 valence electrons. The summed E-state index contributed by atoms with van der Waals surface area (Å²) in [4.78, 5) is 1.18. The molecule has 0 aliphatic rings. The first-order valence-corrected chi connectivity index (χ1v) is 5.63. The average Bonchev–Trinajstić information content (AvgIpc) is 2.88. The van der Waals surface area contributed by atoms with Gasteiger partial charge in [0.25, 0.3) is 0 Å². The molecule has 0 unspecified atom stereocenters. The van der Waals surface area contributed by atoms with Gasteiger partial charge in [-0.3, -0.25) is 0 Å². The van der Waals surface area contributed by atoms with E-state index in [0.717, 1.165) is 15.8 Å². The normalized spacial score (nSPS) is 10.9. The summed E-state index contributed by atoms with van der Waals surface area (Å²) in [5, 5.41) is 7.18. The molecule has 0 amide bonds. The Bertz CT molecular complexity index is 554. The zero-order chi connectivity index (χ0) is 9.38. The van der Waals surface area contributed by atoms with E-state index in [9.17, 15) is 0 Å². The first-order chi connectivity index (χ1) is 6.95. The van der Waals surface area contributed by atoms with Gasteiger partial charge in [0.05, 0.1) is 4.70 Å². The number of nitrogens with zero attached hydrogens (tertiary/aromatic N) is 2. The number of fused-ring (bicyclic) bond motifs is 1. The van der Waals surface area contributed by atoms with Crippen molar-refractivity contribution in [3.05, 3.63) is 35.7 Å². The van der Waals surface area contributed by atoms with Crippen molar-refractivity contribution in [1.82, 2.24) is 9.59 Å². The first-order valence-electron chi connectivity index (χ1n) is 4.04. The van der Waals surface area contributed by atoms with Crippen LogP contribution in [0.2, 0.25) is 0 Å². The Labute approximate surface area is 89.0 Å². The maximum absolute atomic E-state index is 4.10. The van der Waals surface area contributed by atoms with Gasteiger partial charge in [-0.25, -0.2) is 0 Å². The molecule has 2 aromatic heterocycles. The number of thiophene rings is 1. The Hall–Kier alpha value is -1.26. The van der Waals surface area contributed by atoms with Crippen LogP contribution in [0.3, 0.4) is 0 Å². The predicted molar refractivity (Wildman–Crippen MR) is 58.4 cm³/mol. The van der Waals surface area contributed by atoms with Crippen molar-refractivity contribution in [3.8, 4) is 10.4 Å². The molecule has 0 N–H and O–H groups in total. The van der Waals surface area contributed by atoms with E-state index in [2.05, 4.69) is 21.0 Å². The first kappa shape index (κ1) is 8.08. The SMILES string of the molecule is [c]1ccc(-c2cc[c]c3snnc23)s1. The van der Waals surface area contributed by atoms with E-state index in [1.54, 1.807) is 11.3 Å². The molecule has 14 heavy (non-hydrogen) atoms. The van der Waals surface area contributed by atoms with E-state index in [0.29, 0.717) is 0 Å². The van der Waals surface area contributed by atoms with Crippen LogP contribution in [0.4, 0.5) is 0 Å². The van der Waals surface area contributed by atoms with Gasteiger partial charge in [0, 0.05) is 21.9 Å². The number of benzene rings is 1. The molecular weight excluding hydrogens is 212 g/mol. The zero-order valence-corrected chi connectivity index (χ0v) is 8.65. The molecule has 3 rings (SSSR count). The monoisotopic (exact) mass is 216 g/mol. The van der Waals surface area contributed by atoms with Crippen LogP contribution in [-0.2, 0) is 0 Å². The molecule has 2 heterocycles. The van der Waals surface area contributed by atoms with Gasteiger partial charge >= 0.3 is 0 Å². The van der Waals surface area contributed by atoms with Gasteiger partial charge in [0.1, 0.15) is 5.52 Å². The van der Waals surface area contributed by atoms with Crippen molar-refractivity contribution in [2.75, 3.05) is 0 Å². The molecule has 2 radical (unpaired) electrons. The molecule has 2 nitrogen and oxygen atoms in total. The summed E-state index contributed by atoms with van der Waals surface area (Å²) in [5.41, 5.74) is 2.06. The second-order valence-corrected chi connectivity index (χ2v) is 4.39. The fraction of sp³-hybridized carbons (Fsp3) is 0. The molecule has 0 saturated heterocycles. The smallest absolute Gasteiger partial charge is 0.115 e. The van der Waals surface area contributed by atoms with Crippen LogP contribution in [-0.4, -0.2) is 9.59 Å². The molecule has 1 aromatic carbocycles. The molecule has 0 spiro atoms. The van der Waals surface area contributed by atoms with Crippen LogP contribution in [0, 0.1) is 11.4 Å². The van der Waals surface area contributed by atoms with Gasteiger partial charge in [-0.1, -0.05) is 16.6 Å². The maximum atomic E-state index is 4.10. The highest BCUT2D eigenvalue weighted by Crippen LogP contribution is 2.30. The highest BCUT2D eigenvalue weighted by Gasteiger charge is 2.07. The lowest BCUT2D eigenvalue weighted by Crippen LogP contribution is -1.76. The summed E-state index contributed by atoms with van der Waals surface area (Å²) < 4.78 is 4.94. The number of hydrogen-bond acceptors (Lipinski definition) is 4. The van der Waals surface area contributed by atoms with Crippen LogP contribution in [0.15, 0.2) is 24.3 Å². The van der Waals surface area contributed by atoms with E-state index in [4.69, 9.17) is 0 Å². The van der Waals surface area contributed by atoms with Crippen molar-refractivity contribution >= 4 is 33.1 Å². The fourth-order valence-electron chi connectivity index (χ4n) is 1.33. The Morgan fingerprint density at radius 2 is 2.21 bits per heavy atom. The molecule has 0 saturated carbocycles. The topological polar surface area (TPSA) is 25.8 Å². The molecule has 0 atom stereocenters. The third-order valence-electron chi connectivity index (χ3n) is 1.94. The van der Waals surface area contributed by atoms with Crippen LogP contribution < -0.4 is 0 Å². The lowest BCUT2D eigenvalue weighted by molar-refractivity contribution is 1.20. The van der Waals surface area contributed by atoms with Gasteiger partial charge in [0.15, 0.2) is 0 Å². The van der Waals surface area contributed by atoms with Gasteiger partial charge in [-0.05, 0) is 23.7 Å². The summed E-state index contributed by atoms with van der Waals surface area (Å²) >= 11 is 2.97. The minimum atomic E-state index is 0.938. The van der Waals surface area contributed by atoms with E-state index in [1.807, 2.05) is 24.3 Å². The molecule has 0 fully saturated rings. The van der Waals surface area contributed by atoms with Crippen molar-refractivity contribution < 1.29 is 0 Å². The Balaban J connectivity index is 2.36. The largest absolute Gasteiger partial charge is 0.137 e. The van der Waals surface area contributed by atoms with Crippen LogP contribution in [0.1, 0.15) is 0 Å². The Morgan fingerprint density at radius 3 is 3.07 bits per heavy atom. The lowest BCUT2D eigenvalue weighted by Gasteiger charge is -1.95. The number of hydrogen-bond donors (Lipinski definition) is 0. The minimum Gasteiger partial charge on any atom is -0.137 e. The fourth-order valence-corrected chi connectivity index (χ4v) is 2.56. The zero-order valence-electron chi connectivity index (χ0n) is 7.02. The minimum absolute atomic E-state index is 0.938. The van der Waals surface area contributed by atoms with E-state index < -0.39 is 0 Å². The summed E-state index contributed by atoms with van der Waals surface area (Å²) in [6.45, 7) is 0. The average molecular weight is 216 g/mol. The third kappa shape index (κ3) is 1.15. The van der Waals surface area contributed by atoms with Crippen LogP contribution >= 0.6 is 22.9 Å². The van der Waals surface area contributed by atoms with E-state index >= 15 is 0 Å². The Kier molecular flexibility index (Phi) is 1.82. The summed E-state index contributed by atoms with van der Waals surface area (Å²) in [5.74, 6) is 0. The molecule has 0 aliphatic carbocycles. The molecular formula is C10H4N2S2. The standard InChI is InChI=1S/C10H4N2S2/c1-3-7(8-5-2-6-13-8)10-9(4-1)14-12-11-10/h1-3,5H. The number of aromatic nitrogens is 2. The van der Waals surface area contributed by atoms with Gasteiger partial charge in [-0.15, -0.1) is 16.4 Å². The van der Waals surface area contributed by atoms with Crippen molar-refractivity contribution in [3.63, 3.8) is 0 Å². The molecule has 0 bridgehead atoms. The van der Waals surface area contributed by atoms with Gasteiger partial charge in [0.2, 0.25) is 0 Å². The van der Waals surface area contributed by atoms with Crippen molar-refractivity contribution in [2.24, 2.45) is 0 Å². The summed E-state index contributed by atoms with van der Waals surface area (Å²) in [6, 6.07) is 11.0. The van der Waals surface area contributed by atoms with E-state index in [-0.39, 0.29) is 0 Å². The third-order valence-corrected chi connectivity index (χ3v) is 3.43.